The molecule has 1 fully saturated rings. The van der Waals surface area contributed by atoms with Gasteiger partial charge < -0.3 is 0 Å². The molecule has 0 radical (unpaired) electrons. The van der Waals surface area contributed by atoms with Crippen LogP contribution in [0.2, 0.25) is 0 Å². The van der Waals surface area contributed by atoms with Crippen LogP contribution in [0.3, 0.4) is 0 Å². The fourth-order valence-electron chi connectivity index (χ4n) is 2.35. The first-order valence-corrected chi connectivity index (χ1v) is 5.28. The summed E-state index contributed by atoms with van der Waals surface area (Å²) in [6.45, 7) is 7.13. The molecule has 0 amide bonds. The zero-order valence-electron chi connectivity index (χ0n) is 8.56. The third kappa shape index (κ3) is 1.32. The predicted molar refractivity (Wildman–Crippen MR) is 53.0 cm³/mol. The summed E-state index contributed by atoms with van der Waals surface area (Å²) in [6, 6.07) is 0. The minimum Gasteiger partial charge on any atom is -0.0848 e. The first kappa shape index (κ1) is 8.34. The van der Waals surface area contributed by atoms with Crippen LogP contribution in [0.25, 0.3) is 0 Å². The van der Waals surface area contributed by atoms with E-state index in [1.807, 2.05) is 0 Å². The zero-order chi connectivity index (χ0) is 8.77. The lowest BCUT2D eigenvalue weighted by Crippen LogP contribution is -2.20. The van der Waals surface area contributed by atoms with E-state index in [1.165, 1.54) is 25.7 Å². The SMILES string of the molecule is CC1=CCC(CC2CC2)C1(C)C. The van der Waals surface area contributed by atoms with Crippen LogP contribution in [0.5, 0.6) is 0 Å². The van der Waals surface area contributed by atoms with Crippen molar-refractivity contribution in [3.05, 3.63) is 11.6 Å². The average Bonchev–Trinajstić information content (AvgIpc) is 2.75. The van der Waals surface area contributed by atoms with E-state index in [1.54, 1.807) is 5.57 Å². The molecule has 12 heavy (non-hydrogen) atoms. The molecular formula is C12H20. The van der Waals surface area contributed by atoms with Crippen molar-refractivity contribution in [2.75, 3.05) is 0 Å². The lowest BCUT2D eigenvalue weighted by Gasteiger charge is -2.29. The van der Waals surface area contributed by atoms with Gasteiger partial charge in [-0.15, -0.1) is 0 Å². The third-order valence-corrected chi connectivity index (χ3v) is 4.06. The Labute approximate surface area is 76.1 Å². The van der Waals surface area contributed by atoms with Crippen molar-refractivity contribution >= 4 is 0 Å². The lowest BCUT2D eigenvalue weighted by atomic mass is 9.75. The van der Waals surface area contributed by atoms with Crippen LogP contribution in [-0.4, -0.2) is 0 Å². The van der Waals surface area contributed by atoms with Crippen LogP contribution in [0.1, 0.15) is 46.5 Å². The Bertz CT molecular complexity index is 206. The highest BCUT2D eigenvalue weighted by Crippen LogP contribution is 2.49. The molecule has 2 aliphatic rings. The normalized spacial score (nSPS) is 33.6. The van der Waals surface area contributed by atoms with Crippen molar-refractivity contribution in [2.24, 2.45) is 17.3 Å². The maximum absolute atomic E-state index is 2.45. The molecule has 1 unspecified atom stereocenters. The topological polar surface area (TPSA) is 0 Å². The fraction of sp³-hybridized carbons (Fsp3) is 0.833. The zero-order valence-corrected chi connectivity index (χ0v) is 8.56. The lowest BCUT2D eigenvalue weighted by molar-refractivity contribution is 0.264. The Hall–Kier alpha value is -0.260. The summed E-state index contributed by atoms with van der Waals surface area (Å²) in [5.74, 6) is 2.04. The molecular weight excluding hydrogens is 144 g/mol. The molecule has 1 atom stereocenters. The molecule has 68 valence electrons. The van der Waals surface area contributed by atoms with Gasteiger partial charge in [0, 0.05) is 0 Å². The van der Waals surface area contributed by atoms with E-state index in [9.17, 15) is 0 Å². The molecule has 0 aromatic heterocycles. The van der Waals surface area contributed by atoms with Gasteiger partial charge in [-0.05, 0) is 37.0 Å². The maximum Gasteiger partial charge on any atom is -0.0116 e. The van der Waals surface area contributed by atoms with Crippen LogP contribution >= 0.6 is 0 Å². The van der Waals surface area contributed by atoms with Crippen molar-refractivity contribution in [1.29, 1.82) is 0 Å². The Morgan fingerprint density at radius 1 is 1.42 bits per heavy atom. The molecule has 0 nitrogen and oxygen atoms in total. The molecule has 2 aliphatic carbocycles. The molecule has 2 rings (SSSR count). The van der Waals surface area contributed by atoms with E-state index in [0.29, 0.717) is 5.41 Å². The molecule has 0 heterocycles. The van der Waals surface area contributed by atoms with Gasteiger partial charge in [0.15, 0.2) is 0 Å². The van der Waals surface area contributed by atoms with Gasteiger partial charge in [-0.3, -0.25) is 0 Å². The van der Waals surface area contributed by atoms with Gasteiger partial charge in [0.2, 0.25) is 0 Å². The summed E-state index contributed by atoms with van der Waals surface area (Å²) >= 11 is 0. The number of hydrogen-bond acceptors (Lipinski definition) is 0. The quantitative estimate of drug-likeness (QED) is 0.545. The van der Waals surface area contributed by atoms with Crippen LogP contribution in [-0.2, 0) is 0 Å². The van der Waals surface area contributed by atoms with Crippen LogP contribution in [0, 0.1) is 17.3 Å². The van der Waals surface area contributed by atoms with E-state index < -0.39 is 0 Å². The molecule has 1 saturated carbocycles. The van der Waals surface area contributed by atoms with E-state index in [-0.39, 0.29) is 0 Å². The highest BCUT2D eigenvalue weighted by atomic mass is 14.4. The molecule has 0 aromatic carbocycles. The standard InChI is InChI=1S/C12H20/c1-9-4-7-11(12(9,2)3)8-10-5-6-10/h4,10-11H,5-8H2,1-3H3. The van der Waals surface area contributed by atoms with Crippen LogP contribution in [0.4, 0.5) is 0 Å². The van der Waals surface area contributed by atoms with Gasteiger partial charge in [0.05, 0.1) is 0 Å². The van der Waals surface area contributed by atoms with Crippen molar-refractivity contribution in [2.45, 2.75) is 46.5 Å². The van der Waals surface area contributed by atoms with E-state index in [4.69, 9.17) is 0 Å². The Kier molecular flexibility index (Phi) is 1.82. The van der Waals surface area contributed by atoms with Gasteiger partial charge in [0.25, 0.3) is 0 Å². The maximum atomic E-state index is 2.45. The summed E-state index contributed by atoms with van der Waals surface area (Å²) in [4.78, 5) is 0. The predicted octanol–water partition coefficient (Wildman–Crippen LogP) is 3.78. The summed E-state index contributed by atoms with van der Waals surface area (Å²) in [5.41, 5.74) is 2.12. The van der Waals surface area contributed by atoms with Gasteiger partial charge >= 0.3 is 0 Å². The van der Waals surface area contributed by atoms with Crippen molar-refractivity contribution < 1.29 is 0 Å². The molecule has 0 spiro atoms. The number of allylic oxidation sites excluding steroid dienone is 2. The van der Waals surface area contributed by atoms with E-state index in [0.717, 1.165) is 11.8 Å². The van der Waals surface area contributed by atoms with Gasteiger partial charge in [-0.25, -0.2) is 0 Å². The highest BCUT2D eigenvalue weighted by Gasteiger charge is 2.38. The minimum absolute atomic E-state index is 0.503. The first-order chi connectivity index (χ1) is 5.60. The summed E-state index contributed by atoms with van der Waals surface area (Å²) in [5, 5.41) is 0. The second-order valence-electron chi connectivity index (χ2n) is 5.22. The number of rotatable bonds is 2. The van der Waals surface area contributed by atoms with Gasteiger partial charge in [-0.2, -0.15) is 0 Å². The molecule has 0 saturated heterocycles. The minimum atomic E-state index is 0.503. The van der Waals surface area contributed by atoms with Crippen molar-refractivity contribution in [1.82, 2.24) is 0 Å². The summed E-state index contributed by atoms with van der Waals surface area (Å²) in [7, 11) is 0. The molecule has 0 bridgehead atoms. The Morgan fingerprint density at radius 2 is 2.08 bits per heavy atom. The van der Waals surface area contributed by atoms with E-state index >= 15 is 0 Å². The number of hydrogen-bond donors (Lipinski definition) is 0. The van der Waals surface area contributed by atoms with Crippen LogP contribution in [0.15, 0.2) is 11.6 Å². The second kappa shape index (κ2) is 2.61. The van der Waals surface area contributed by atoms with Gasteiger partial charge in [-0.1, -0.05) is 38.3 Å². The largest absolute Gasteiger partial charge is 0.0848 e. The Balaban J connectivity index is 1.99. The average molecular weight is 164 g/mol. The van der Waals surface area contributed by atoms with Crippen LogP contribution < -0.4 is 0 Å². The second-order valence-corrected chi connectivity index (χ2v) is 5.22. The molecule has 0 aliphatic heterocycles. The van der Waals surface area contributed by atoms with E-state index in [2.05, 4.69) is 26.8 Å². The van der Waals surface area contributed by atoms with Crippen molar-refractivity contribution in [3.63, 3.8) is 0 Å². The fourth-order valence-corrected chi connectivity index (χ4v) is 2.35. The van der Waals surface area contributed by atoms with Crippen molar-refractivity contribution in [3.8, 4) is 0 Å². The first-order valence-electron chi connectivity index (χ1n) is 5.28. The molecule has 0 N–H and O–H groups in total. The molecule has 0 heteroatoms. The smallest absolute Gasteiger partial charge is 0.0116 e. The Morgan fingerprint density at radius 3 is 2.50 bits per heavy atom. The molecule has 0 aromatic rings. The summed E-state index contributed by atoms with van der Waals surface area (Å²) in [6.07, 6.45) is 8.29. The van der Waals surface area contributed by atoms with Gasteiger partial charge in [0.1, 0.15) is 0 Å². The highest BCUT2D eigenvalue weighted by molar-refractivity contribution is 5.18. The third-order valence-electron chi connectivity index (χ3n) is 4.06. The summed E-state index contributed by atoms with van der Waals surface area (Å²) < 4.78 is 0. The monoisotopic (exact) mass is 164 g/mol.